The van der Waals surface area contributed by atoms with Gasteiger partial charge >= 0.3 is 0 Å². The summed E-state index contributed by atoms with van der Waals surface area (Å²) in [4.78, 5) is 15.9. The number of hydrogen-bond acceptors (Lipinski definition) is 4. The molecule has 2 aromatic rings. The van der Waals surface area contributed by atoms with Gasteiger partial charge in [-0.2, -0.15) is 0 Å². The van der Waals surface area contributed by atoms with E-state index < -0.39 is 17.5 Å². The summed E-state index contributed by atoms with van der Waals surface area (Å²) in [5.41, 5.74) is 5.31. The Morgan fingerprint density at radius 1 is 1.40 bits per heavy atom. The highest BCUT2D eigenvalue weighted by Crippen LogP contribution is 2.24. The van der Waals surface area contributed by atoms with Crippen LogP contribution < -0.4 is 11.1 Å². The van der Waals surface area contributed by atoms with Crippen LogP contribution in [-0.2, 0) is 6.42 Å². The summed E-state index contributed by atoms with van der Waals surface area (Å²) in [5, 5.41) is 4.56. The van der Waals surface area contributed by atoms with Crippen LogP contribution in [0.3, 0.4) is 0 Å². The lowest BCUT2D eigenvalue weighted by molar-refractivity contribution is 0.102. The van der Waals surface area contributed by atoms with Gasteiger partial charge in [-0.3, -0.25) is 4.79 Å². The number of halogens is 3. The fraction of sp³-hybridized carbons (Fsp3) is 0.167. The number of nitrogens with one attached hydrogen (secondary N) is 1. The molecule has 1 aromatic carbocycles. The van der Waals surface area contributed by atoms with Crippen molar-refractivity contribution in [1.82, 2.24) is 4.98 Å². The molecule has 0 radical (unpaired) electrons. The zero-order chi connectivity index (χ0) is 14.7. The van der Waals surface area contributed by atoms with Crippen molar-refractivity contribution in [1.29, 1.82) is 0 Å². The van der Waals surface area contributed by atoms with Gasteiger partial charge in [0.25, 0.3) is 5.91 Å². The van der Waals surface area contributed by atoms with Crippen LogP contribution in [0.4, 0.5) is 14.5 Å². The van der Waals surface area contributed by atoms with Gasteiger partial charge in [0, 0.05) is 17.9 Å². The average Bonchev–Trinajstić information content (AvgIpc) is 2.85. The maximum Gasteiger partial charge on any atom is 0.275 e. The van der Waals surface area contributed by atoms with Crippen LogP contribution in [0.1, 0.15) is 15.5 Å². The van der Waals surface area contributed by atoms with Crippen molar-refractivity contribution in [3.05, 3.63) is 44.3 Å². The molecule has 0 bridgehead atoms. The van der Waals surface area contributed by atoms with E-state index in [2.05, 4.69) is 26.2 Å². The number of hydrogen-bond donors (Lipinski definition) is 2. The van der Waals surface area contributed by atoms with E-state index in [0.29, 0.717) is 13.0 Å². The lowest BCUT2D eigenvalue weighted by Crippen LogP contribution is -2.14. The van der Waals surface area contributed by atoms with Crippen LogP contribution in [0.25, 0.3) is 0 Å². The monoisotopic (exact) mass is 361 g/mol. The van der Waals surface area contributed by atoms with Gasteiger partial charge in [-0.15, -0.1) is 11.3 Å². The first-order valence-electron chi connectivity index (χ1n) is 5.61. The molecule has 8 heteroatoms. The van der Waals surface area contributed by atoms with E-state index in [1.807, 2.05) is 0 Å². The Kier molecular flexibility index (Phi) is 4.79. The van der Waals surface area contributed by atoms with Crippen LogP contribution >= 0.6 is 27.3 Å². The molecule has 106 valence electrons. The summed E-state index contributed by atoms with van der Waals surface area (Å²) in [6.07, 6.45) is 0.569. The molecule has 4 nitrogen and oxygen atoms in total. The van der Waals surface area contributed by atoms with Crippen LogP contribution in [0.2, 0.25) is 0 Å². The lowest BCUT2D eigenvalue weighted by atomic mass is 10.3. The molecule has 0 saturated heterocycles. The van der Waals surface area contributed by atoms with Crippen molar-refractivity contribution >= 4 is 38.9 Å². The first kappa shape index (κ1) is 15.0. The Hall–Kier alpha value is -1.38. The highest BCUT2D eigenvalue weighted by Gasteiger charge is 2.15. The maximum atomic E-state index is 13.6. The van der Waals surface area contributed by atoms with Crippen LogP contribution in [0.15, 0.2) is 22.0 Å². The molecule has 0 unspecified atom stereocenters. The first-order valence-corrected chi connectivity index (χ1v) is 7.29. The van der Waals surface area contributed by atoms with E-state index in [1.165, 1.54) is 11.3 Å². The van der Waals surface area contributed by atoms with Crippen molar-refractivity contribution in [3.63, 3.8) is 0 Å². The maximum absolute atomic E-state index is 13.6. The summed E-state index contributed by atoms with van der Waals surface area (Å²) < 4.78 is 26.9. The zero-order valence-electron chi connectivity index (χ0n) is 10.1. The standard InChI is InChI=1S/C12H10BrF2N3OS/c13-6-3-8(15)9(4-7(6)14)18-12(19)10-5-20-11(17-10)1-2-16/h3-5H,1-2,16H2,(H,18,19). The number of carbonyl (C=O) groups is 1. The number of thiazole rings is 1. The minimum atomic E-state index is -0.732. The van der Waals surface area contributed by atoms with Gasteiger partial charge in [0.1, 0.15) is 17.3 Å². The molecule has 1 amide bonds. The van der Waals surface area contributed by atoms with E-state index in [1.54, 1.807) is 5.38 Å². The SMILES string of the molecule is NCCc1nc(C(=O)Nc2cc(F)c(Br)cc2F)cs1. The zero-order valence-corrected chi connectivity index (χ0v) is 12.5. The van der Waals surface area contributed by atoms with Crippen LogP contribution in [0, 0.1) is 11.6 Å². The largest absolute Gasteiger partial charge is 0.330 e. The fourth-order valence-electron chi connectivity index (χ4n) is 1.46. The third-order valence-corrected chi connectivity index (χ3v) is 3.92. The molecule has 0 fully saturated rings. The normalized spacial score (nSPS) is 10.6. The Labute approximate surface area is 126 Å². The number of benzene rings is 1. The van der Waals surface area contributed by atoms with Gasteiger partial charge in [-0.25, -0.2) is 13.8 Å². The number of nitrogens with two attached hydrogens (primary N) is 1. The lowest BCUT2D eigenvalue weighted by Gasteiger charge is -2.06. The Bertz CT molecular complexity index is 648. The quantitative estimate of drug-likeness (QED) is 0.822. The first-order chi connectivity index (χ1) is 9.51. The Morgan fingerprint density at radius 3 is 2.85 bits per heavy atom. The summed E-state index contributed by atoms with van der Waals surface area (Å²) in [5.74, 6) is -1.99. The van der Waals surface area contributed by atoms with Gasteiger partial charge in [-0.05, 0) is 28.5 Å². The smallest absolute Gasteiger partial charge is 0.275 e. The van der Waals surface area contributed by atoms with Gasteiger partial charge in [-0.1, -0.05) is 0 Å². The third kappa shape index (κ3) is 3.38. The van der Waals surface area contributed by atoms with Gasteiger partial charge in [0.15, 0.2) is 0 Å². The van der Waals surface area contributed by atoms with E-state index in [-0.39, 0.29) is 15.9 Å². The summed E-state index contributed by atoms with van der Waals surface area (Å²) in [7, 11) is 0. The number of aromatic nitrogens is 1. The van der Waals surface area contributed by atoms with E-state index in [9.17, 15) is 13.6 Å². The molecule has 2 rings (SSSR count). The summed E-state index contributed by atoms with van der Waals surface area (Å²) in [6.45, 7) is 0.432. The van der Waals surface area contributed by atoms with Crippen molar-refractivity contribution in [2.75, 3.05) is 11.9 Å². The molecule has 0 atom stereocenters. The summed E-state index contributed by atoms with van der Waals surface area (Å²) >= 11 is 4.16. The predicted molar refractivity (Wildman–Crippen MR) is 76.9 cm³/mol. The molecular weight excluding hydrogens is 352 g/mol. The average molecular weight is 362 g/mol. The van der Waals surface area contributed by atoms with Gasteiger partial charge in [0.2, 0.25) is 0 Å². The molecule has 0 spiro atoms. The topological polar surface area (TPSA) is 68.0 Å². The highest BCUT2D eigenvalue weighted by atomic mass is 79.9. The van der Waals surface area contributed by atoms with E-state index in [4.69, 9.17) is 5.73 Å². The second-order valence-corrected chi connectivity index (χ2v) is 5.66. The fourth-order valence-corrected chi connectivity index (χ4v) is 2.57. The van der Waals surface area contributed by atoms with Crippen molar-refractivity contribution in [2.24, 2.45) is 5.73 Å². The molecule has 3 N–H and O–H groups in total. The molecule has 0 aliphatic carbocycles. The molecule has 20 heavy (non-hydrogen) atoms. The molecule has 0 aliphatic rings. The second kappa shape index (κ2) is 6.38. The molecule has 0 aliphatic heterocycles. The van der Waals surface area contributed by atoms with Gasteiger partial charge in [0.05, 0.1) is 15.2 Å². The molecular formula is C12H10BrF2N3OS. The Morgan fingerprint density at radius 2 is 2.15 bits per heavy atom. The minimum Gasteiger partial charge on any atom is -0.330 e. The van der Waals surface area contributed by atoms with Crippen LogP contribution in [-0.4, -0.2) is 17.4 Å². The van der Waals surface area contributed by atoms with E-state index >= 15 is 0 Å². The molecule has 1 aromatic heterocycles. The number of anilines is 1. The minimum absolute atomic E-state index is 0.00751. The summed E-state index contributed by atoms with van der Waals surface area (Å²) in [6, 6.07) is 1.86. The number of amides is 1. The number of rotatable bonds is 4. The number of carbonyl (C=O) groups excluding carboxylic acids is 1. The Balaban J connectivity index is 2.16. The highest BCUT2D eigenvalue weighted by molar-refractivity contribution is 9.10. The molecule has 0 saturated carbocycles. The van der Waals surface area contributed by atoms with Crippen molar-refractivity contribution in [2.45, 2.75) is 6.42 Å². The molecule has 1 heterocycles. The van der Waals surface area contributed by atoms with Crippen molar-refractivity contribution in [3.8, 4) is 0 Å². The third-order valence-electron chi connectivity index (χ3n) is 2.40. The predicted octanol–water partition coefficient (Wildman–Crippen LogP) is 2.94. The second-order valence-electron chi connectivity index (χ2n) is 3.87. The number of nitrogens with zero attached hydrogens (tertiary/aromatic N) is 1. The van der Waals surface area contributed by atoms with E-state index in [0.717, 1.165) is 17.1 Å². The van der Waals surface area contributed by atoms with Gasteiger partial charge < -0.3 is 11.1 Å². The van der Waals surface area contributed by atoms with Crippen LogP contribution in [0.5, 0.6) is 0 Å². The van der Waals surface area contributed by atoms with Crippen molar-refractivity contribution < 1.29 is 13.6 Å².